The minimum atomic E-state index is -0.561. The molecule has 42 heavy (non-hydrogen) atoms. The van der Waals surface area contributed by atoms with Gasteiger partial charge in [0.05, 0.1) is 62.3 Å². The fourth-order valence-electron chi connectivity index (χ4n) is 3.34. The van der Waals surface area contributed by atoms with Gasteiger partial charge in [-0.3, -0.25) is 9.97 Å². The van der Waals surface area contributed by atoms with E-state index in [-0.39, 0.29) is 12.1 Å². The highest BCUT2D eigenvalue weighted by atomic mass is 16.6. The van der Waals surface area contributed by atoms with Crippen LogP contribution >= 0.6 is 0 Å². The fourth-order valence-corrected chi connectivity index (χ4v) is 3.34. The third-order valence-electron chi connectivity index (χ3n) is 5.24. The Balaban J connectivity index is 1.52. The number of nitrogens with zero attached hydrogens (tertiary/aromatic N) is 2. The molecular formula is C30H46N4O8. The van der Waals surface area contributed by atoms with E-state index in [0.29, 0.717) is 62.5 Å². The molecule has 2 heterocycles. The van der Waals surface area contributed by atoms with E-state index >= 15 is 0 Å². The van der Waals surface area contributed by atoms with Crippen LogP contribution in [-0.4, -0.2) is 73.0 Å². The van der Waals surface area contributed by atoms with E-state index in [2.05, 4.69) is 20.6 Å². The highest BCUT2D eigenvalue weighted by Crippen LogP contribution is 2.17. The summed E-state index contributed by atoms with van der Waals surface area (Å²) >= 11 is 0. The summed E-state index contributed by atoms with van der Waals surface area (Å²) < 4.78 is 32.9. The summed E-state index contributed by atoms with van der Waals surface area (Å²) in [5, 5.41) is 5.52. The number of aromatic nitrogens is 2. The molecular weight excluding hydrogens is 544 g/mol. The molecule has 2 aromatic rings. The van der Waals surface area contributed by atoms with Crippen molar-refractivity contribution >= 4 is 12.2 Å². The first-order valence-corrected chi connectivity index (χ1v) is 14.0. The summed E-state index contributed by atoms with van der Waals surface area (Å²) in [6.07, 6.45) is 2.23. The summed E-state index contributed by atoms with van der Waals surface area (Å²) in [4.78, 5) is 32.5. The zero-order chi connectivity index (χ0) is 31.2. The Kier molecular flexibility index (Phi) is 13.8. The smallest absolute Gasteiger partial charge is 0.408 e. The normalized spacial score (nSPS) is 13.0. The number of hydrogen-bond donors (Lipinski definition) is 2. The van der Waals surface area contributed by atoms with Crippen LogP contribution in [0.3, 0.4) is 0 Å². The van der Waals surface area contributed by atoms with Crippen molar-refractivity contribution in [3.63, 3.8) is 0 Å². The van der Waals surface area contributed by atoms with E-state index < -0.39 is 23.4 Å². The van der Waals surface area contributed by atoms with E-state index in [1.807, 2.05) is 55.4 Å². The molecule has 0 bridgehead atoms. The maximum Gasteiger partial charge on any atom is 0.408 e. The van der Waals surface area contributed by atoms with Crippen LogP contribution in [-0.2, 0) is 18.9 Å². The fraction of sp³-hybridized carbons (Fsp3) is 0.600. The third kappa shape index (κ3) is 14.8. The Morgan fingerprint density at radius 3 is 1.31 bits per heavy atom. The van der Waals surface area contributed by atoms with E-state index in [4.69, 9.17) is 28.4 Å². The van der Waals surface area contributed by atoms with Crippen molar-refractivity contribution < 1.29 is 38.0 Å². The van der Waals surface area contributed by atoms with Crippen molar-refractivity contribution in [2.75, 3.05) is 39.6 Å². The molecule has 0 fully saturated rings. The number of amides is 2. The van der Waals surface area contributed by atoms with Gasteiger partial charge in [-0.05, 0) is 79.7 Å². The summed E-state index contributed by atoms with van der Waals surface area (Å²) in [6, 6.07) is 6.57. The van der Waals surface area contributed by atoms with E-state index in [9.17, 15) is 9.59 Å². The van der Waals surface area contributed by atoms with Gasteiger partial charge in [0.15, 0.2) is 0 Å². The molecule has 0 aliphatic carbocycles. The summed E-state index contributed by atoms with van der Waals surface area (Å²) in [5.41, 5.74) is 0.269. The van der Waals surface area contributed by atoms with Gasteiger partial charge in [-0.2, -0.15) is 0 Å². The predicted octanol–water partition coefficient (Wildman–Crippen LogP) is 5.14. The first-order valence-electron chi connectivity index (χ1n) is 14.0. The van der Waals surface area contributed by atoms with Gasteiger partial charge < -0.3 is 39.1 Å². The molecule has 0 unspecified atom stereocenters. The molecule has 2 atom stereocenters. The Morgan fingerprint density at radius 1 is 0.643 bits per heavy atom. The van der Waals surface area contributed by atoms with Gasteiger partial charge in [0.1, 0.15) is 35.9 Å². The minimum absolute atomic E-state index is 0.302. The third-order valence-corrected chi connectivity index (χ3v) is 5.24. The number of hydrogen-bond acceptors (Lipinski definition) is 10. The van der Waals surface area contributed by atoms with Crippen molar-refractivity contribution in [1.82, 2.24) is 20.6 Å². The number of carbonyl (C=O) groups is 2. The largest absolute Gasteiger partial charge is 0.490 e. The summed E-state index contributed by atoms with van der Waals surface area (Å²) in [5.74, 6) is 1.22. The Labute approximate surface area is 248 Å². The molecule has 234 valence electrons. The maximum absolute atomic E-state index is 11.9. The molecule has 0 spiro atoms. The number of nitrogens with one attached hydrogen (secondary N) is 2. The lowest BCUT2D eigenvalue weighted by atomic mass is 10.2. The van der Waals surface area contributed by atoms with Gasteiger partial charge in [0.25, 0.3) is 0 Å². The SMILES string of the molecule is C[C@H](NC(=O)OC(C)(C)C)c1ccc(OCCOCCOCCOc2ccc([C@H](C)NC(=O)OC(C)(C)C)nc2)cn1. The van der Waals surface area contributed by atoms with Crippen LogP contribution in [0.1, 0.15) is 78.9 Å². The van der Waals surface area contributed by atoms with Crippen LogP contribution in [0.25, 0.3) is 0 Å². The molecule has 0 radical (unpaired) electrons. The second-order valence-corrected chi connectivity index (χ2v) is 11.5. The average Bonchev–Trinajstić information content (AvgIpc) is 2.88. The lowest BCUT2D eigenvalue weighted by Crippen LogP contribution is -2.34. The van der Waals surface area contributed by atoms with Gasteiger partial charge in [-0.25, -0.2) is 9.59 Å². The molecule has 2 aromatic heterocycles. The van der Waals surface area contributed by atoms with Crippen molar-refractivity contribution in [2.24, 2.45) is 0 Å². The summed E-state index contributed by atoms with van der Waals surface area (Å²) in [6.45, 7) is 16.9. The Morgan fingerprint density at radius 2 is 1.00 bits per heavy atom. The molecule has 12 nitrogen and oxygen atoms in total. The molecule has 0 saturated heterocycles. The molecule has 0 saturated carbocycles. The number of ether oxygens (including phenoxy) is 6. The van der Waals surface area contributed by atoms with Crippen LogP contribution in [0.4, 0.5) is 9.59 Å². The molecule has 2 N–H and O–H groups in total. The molecule has 0 aliphatic heterocycles. The molecule has 2 amide bonds. The van der Waals surface area contributed by atoms with Crippen LogP contribution in [0, 0.1) is 0 Å². The number of alkyl carbamates (subject to hydrolysis) is 2. The monoisotopic (exact) mass is 590 g/mol. The first kappa shape index (κ1) is 34.6. The molecule has 12 heteroatoms. The molecule has 0 aliphatic rings. The lowest BCUT2D eigenvalue weighted by molar-refractivity contribution is 0.0273. The van der Waals surface area contributed by atoms with Gasteiger partial charge in [-0.1, -0.05) is 0 Å². The van der Waals surface area contributed by atoms with Gasteiger partial charge in [-0.15, -0.1) is 0 Å². The minimum Gasteiger partial charge on any atom is -0.490 e. The van der Waals surface area contributed by atoms with Crippen molar-refractivity contribution in [2.45, 2.75) is 78.7 Å². The van der Waals surface area contributed by atoms with E-state index in [1.165, 1.54) is 0 Å². The highest BCUT2D eigenvalue weighted by Gasteiger charge is 2.20. The number of carbonyl (C=O) groups excluding carboxylic acids is 2. The van der Waals surface area contributed by atoms with Crippen LogP contribution < -0.4 is 20.1 Å². The van der Waals surface area contributed by atoms with Crippen LogP contribution in [0.15, 0.2) is 36.7 Å². The van der Waals surface area contributed by atoms with Crippen molar-refractivity contribution in [3.8, 4) is 11.5 Å². The molecule has 0 aromatic carbocycles. The van der Waals surface area contributed by atoms with Gasteiger partial charge in [0, 0.05) is 0 Å². The topological polar surface area (TPSA) is 139 Å². The zero-order valence-corrected chi connectivity index (χ0v) is 26.0. The highest BCUT2D eigenvalue weighted by molar-refractivity contribution is 5.68. The number of rotatable bonds is 15. The van der Waals surface area contributed by atoms with Crippen molar-refractivity contribution in [3.05, 3.63) is 48.0 Å². The quantitative estimate of drug-likeness (QED) is 0.268. The second kappa shape index (κ2) is 16.7. The lowest BCUT2D eigenvalue weighted by Gasteiger charge is -2.21. The van der Waals surface area contributed by atoms with Crippen LogP contribution in [0.5, 0.6) is 11.5 Å². The zero-order valence-electron chi connectivity index (χ0n) is 26.0. The van der Waals surface area contributed by atoms with Gasteiger partial charge in [0.2, 0.25) is 0 Å². The first-order chi connectivity index (χ1) is 19.7. The van der Waals surface area contributed by atoms with E-state index in [1.54, 1.807) is 36.7 Å². The Bertz CT molecular complexity index is 995. The summed E-state index contributed by atoms with van der Waals surface area (Å²) in [7, 11) is 0. The molecule has 2 rings (SSSR count). The second-order valence-electron chi connectivity index (χ2n) is 11.5. The predicted molar refractivity (Wildman–Crippen MR) is 157 cm³/mol. The van der Waals surface area contributed by atoms with Gasteiger partial charge >= 0.3 is 12.2 Å². The van der Waals surface area contributed by atoms with Crippen molar-refractivity contribution in [1.29, 1.82) is 0 Å². The number of pyridine rings is 2. The van der Waals surface area contributed by atoms with E-state index in [0.717, 1.165) is 0 Å². The average molecular weight is 591 g/mol. The Hall–Kier alpha value is -3.64. The standard InChI is InChI=1S/C30H46N4O8/c1-21(33-27(35)41-29(3,4)5)25-11-9-23(19-31-25)39-17-15-37-13-14-38-16-18-40-24-10-12-26(32-20-24)22(2)34-28(36)42-30(6,7)8/h9-12,19-22H,13-18H2,1-8H3,(H,33,35)(H,34,36)/t21-,22-/m0/s1. The van der Waals surface area contributed by atoms with Crippen LogP contribution in [0.2, 0.25) is 0 Å². The maximum atomic E-state index is 11.9.